The average Bonchev–Trinajstić information content (AvgIpc) is 2.70. The fourth-order valence-electron chi connectivity index (χ4n) is 6.28. The first-order valence-electron chi connectivity index (χ1n) is 11.6. The van der Waals surface area contributed by atoms with Crippen molar-refractivity contribution >= 4 is 0 Å². The molecule has 3 aliphatic rings. The Hall–Kier alpha value is -0.920. The maximum atomic E-state index is 13.9. The van der Waals surface area contributed by atoms with Gasteiger partial charge >= 0.3 is 0 Å². The van der Waals surface area contributed by atoms with Gasteiger partial charge in [-0.3, -0.25) is 0 Å². The predicted molar refractivity (Wildman–Crippen MR) is 108 cm³/mol. The fraction of sp³-hybridized carbons (Fsp3) is 0.760. The lowest BCUT2D eigenvalue weighted by atomic mass is 9.68. The molecular weight excluding hydrogens is 338 g/mol. The molecule has 2 saturated carbocycles. The molecule has 1 aromatic rings. The molecule has 1 unspecified atom stereocenters. The summed E-state index contributed by atoms with van der Waals surface area (Å²) in [5.74, 6) is 3.29. The highest BCUT2D eigenvalue weighted by Crippen LogP contribution is 2.42. The summed E-state index contributed by atoms with van der Waals surface area (Å²) in [5.41, 5.74) is 1.70. The summed E-state index contributed by atoms with van der Waals surface area (Å²) in [5, 5.41) is 0. The van der Waals surface area contributed by atoms with E-state index < -0.39 is 11.6 Å². The summed E-state index contributed by atoms with van der Waals surface area (Å²) in [6, 6.07) is 3.12. The van der Waals surface area contributed by atoms with Crippen LogP contribution in [0.5, 0.6) is 0 Å². The third-order valence-electron chi connectivity index (χ3n) is 8.21. The molecule has 0 heterocycles. The molecule has 0 spiro atoms. The minimum absolute atomic E-state index is 0.596. The van der Waals surface area contributed by atoms with E-state index in [4.69, 9.17) is 0 Å². The Morgan fingerprint density at radius 3 is 2.11 bits per heavy atom. The van der Waals surface area contributed by atoms with Crippen molar-refractivity contribution in [2.75, 3.05) is 0 Å². The summed E-state index contributed by atoms with van der Waals surface area (Å²) in [7, 11) is 0. The zero-order valence-corrected chi connectivity index (χ0v) is 17.0. The molecule has 0 saturated heterocycles. The lowest BCUT2D eigenvalue weighted by Crippen LogP contribution is -2.25. The topological polar surface area (TPSA) is 0 Å². The van der Waals surface area contributed by atoms with Gasteiger partial charge in [-0.15, -0.1) is 0 Å². The van der Waals surface area contributed by atoms with Crippen molar-refractivity contribution < 1.29 is 8.78 Å². The Kier molecular flexibility index (Phi) is 6.19. The number of benzene rings is 1. The first-order chi connectivity index (χ1) is 13.1. The zero-order chi connectivity index (χ0) is 18.8. The Morgan fingerprint density at radius 1 is 0.778 bits per heavy atom. The van der Waals surface area contributed by atoms with Crippen LogP contribution in [0.3, 0.4) is 0 Å². The van der Waals surface area contributed by atoms with Crippen LogP contribution in [-0.2, 0) is 12.8 Å². The molecule has 0 amide bonds. The molecule has 3 aliphatic carbocycles. The molecule has 1 aromatic carbocycles. The first-order valence-corrected chi connectivity index (χ1v) is 11.6. The van der Waals surface area contributed by atoms with Crippen molar-refractivity contribution in [3.8, 4) is 0 Å². The normalized spacial score (nSPS) is 34.3. The third kappa shape index (κ3) is 4.57. The van der Waals surface area contributed by atoms with E-state index in [0.29, 0.717) is 11.5 Å². The van der Waals surface area contributed by atoms with E-state index in [1.807, 2.05) is 6.07 Å². The van der Waals surface area contributed by atoms with E-state index in [0.717, 1.165) is 48.5 Å². The second-order valence-corrected chi connectivity index (χ2v) is 9.99. The second kappa shape index (κ2) is 8.62. The van der Waals surface area contributed by atoms with Crippen LogP contribution in [0.2, 0.25) is 0 Å². The molecule has 0 aliphatic heterocycles. The molecule has 1 atom stereocenters. The van der Waals surface area contributed by atoms with E-state index in [1.165, 1.54) is 70.3 Å². The van der Waals surface area contributed by atoms with Gasteiger partial charge in [0.05, 0.1) is 0 Å². The summed E-state index contributed by atoms with van der Waals surface area (Å²) < 4.78 is 27.3. The van der Waals surface area contributed by atoms with Crippen LogP contribution in [0.15, 0.2) is 12.1 Å². The van der Waals surface area contributed by atoms with Crippen molar-refractivity contribution in [2.45, 2.75) is 90.4 Å². The van der Waals surface area contributed by atoms with E-state index in [2.05, 4.69) is 6.92 Å². The van der Waals surface area contributed by atoms with Crippen molar-refractivity contribution in [1.29, 1.82) is 0 Å². The molecule has 0 nitrogen and oxygen atoms in total. The number of fused-ring (bicyclic) bond motifs is 1. The van der Waals surface area contributed by atoms with Gasteiger partial charge in [0.25, 0.3) is 0 Å². The highest BCUT2D eigenvalue weighted by atomic mass is 19.2. The molecule has 0 bridgehead atoms. The molecular formula is C25H36F2. The molecule has 0 radical (unpaired) electrons. The van der Waals surface area contributed by atoms with E-state index in [-0.39, 0.29) is 0 Å². The van der Waals surface area contributed by atoms with Gasteiger partial charge in [-0.25, -0.2) is 8.78 Å². The zero-order valence-electron chi connectivity index (χ0n) is 17.0. The maximum Gasteiger partial charge on any atom is 0.162 e. The van der Waals surface area contributed by atoms with E-state index in [9.17, 15) is 8.78 Å². The minimum Gasteiger partial charge on any atom is -0.204 e. The summed E-state index contributed by atoms with van der Waals surface area (Å²) in [4.78, 5) is 0. The standard InChI is InChI=1S/C25H36F2/c1-17-2-9-20(10-3-17)21-11-6-18(7-12-21)4-5-19-8-14-23-22(16-19)13-15-24(26)25(23)27/h13,15,17-21H,2-12,14,16H2,1H3. The first kappa shape index (κ1) is 19.4. The van der Waals surface area contributed by atoms with Crippen LogP contribution < -0.4 is 0 Å². The molecule has 150 valence electrons. The predicted octanol–water partition coefficient (Wildman–Crippen LogP) is 7.48. The molecule has 27 heavy (non-hydrogen) atoms. The summed E-state index contributed by atoms with van der Waals surface area (Å²) in [6.07, 6.45) is 17.0. The van der Waals surface area contributed by atoms with Crippen LogP contribution in [0, 0.1) is 41.2 Å². The van der Waals surface area contributed by atoms with Crippen LogP contribution >= 0.6 is 0 Å². The summed E-state index contributed by atoms with van der Waals surface area (Å²) in [6.45, 7) is 2.42. The van der Waals surface area contributed by atoms with Crippen molar-refractivity contribution in [1.82, 2.24) is 0 Å². The average molecular weight is 375 g/mol. The lowest BCUT2D eigenvalue weighted by Gasteiger charge is -2.37. The quantitative estimate of drug-likeness (QED) is 0.512. The number of rotatable bonds is 4. The number of halogens is 2. The second-order valence-electron chi connectivity index (χ2n) is 9.99. The number of hydrogen-bond acceptors (Lipinski definition) is 0. The SMILES string of the molecule is CC1CCC(C2CCC(CCC3CCc4c(ccc(F)c4F)C3)CC2)CC1. The van der Waals surface area contributed by atoms with E-state index >= 15 is 0 Å². The lowest BCUT2D eigenvalue weighted by molar-refractivity contribution is 0.144. The maximum absolute atomic E-state index is 13.9. The van der Waals surface area contributed by atoms with Gasteiger partial charge in [-0.05, 0) is 98.1 Å². The molecule has 2 fully saturated rings. The Balaban J connectivity index is 1.21. The molecule has 0 aromatic heterocycles. The fourth-order valence-corrected chi connectivity index (χ4v) is 6.28. The van der Waals surface area contributed by atoms with Gasteiger partial charge in [-0.2, -0.15) is 0 Å². The van der Waals surface area contributed by atoms with Crippen LogP contribution in [0.25, 0.3) is 0 Å². The largest absolute Gasteiger partial charge is 0.204 e. The monoisotopic (exact) mass is 374 g/mol. The highest BCUT2D eigenvalue weighted by molar-refractivity contribution is 5.32. The smallest absolute Gasteiger partial charge is 0.162 e. The van der Waals surface area contributed by atoms with Gasteiger partial charge in [0.15, 0.2) is 11.6 Å². The van der Waals surface area contributed by atoms with Gasteiger partial charge in [0, 0.05) is 0 Å². The minimum atomic E-state index is -0.684. The highest BCUT2D eigenvalue weighted by Gasteiger charge is 2.30. The summed E-state index contributed by atoms with van der Waals surface area (Å²) >= 11 is 0. The van der Waals surface area contributed by atoms with Crippen molar-refractivity contribution in [3.05, 3.63) is 34.9 Å². The molecule has 0 N–H and O–H groups in total. The van der Waals surface area contributed by atoms with Gasteiger partial charge < -0.3 is 0 Å². The van der Waals surface area contributed by atoms with Crippen molar-refractivity contribution in [2.24, 2.45) is 29.6 Å². The van der Waals surface area contributed by atoms with Crippen LogP contribution in [-0.4, -0.2) is 0 Å². The van der Waals surface area contributed by atoms with Gasteiger partial charge in [0.1, 0.15) is 0 Å². The molecule has 4 rings (SSSR count). The van der Waals surface area contributed by atoms with Gasteiger partial charge in [-0.1, -0.05) is 45.1 Å². The Morgan fingerprint density at radius 2 is 1.41 bits per heavy atom. The molecule has 2 heteroatoms. The third-order valence-corrected chi connectivity index (χ3v) is 8.21. The van der Waals surface area contributed by atoms with Crippen molar-refractivity contribution in [3.63, 3.8) is 0 Å². The Bertz CT molecular complexity index is 621. The van der Waals surface area contributed by atoms with E-state index in [1.54, 1.807) is 0 Å². The number of hydrogen-bond donors (Lipinski definition) is 0. The van der Waals surface area contributed by atoms with Crippen LogP contribution in [0.1, 0.15) is 88.7 Å². The van der Waals surface area contributed by atoms with Crippen LogP contribution in [0.4, 0.5) is 8.78 Å². The van der Waals surface area contributed by atoms with Gasteiger partial charge in [0.2, 0.25) is 0 Å². The Labute approximate surface area is 164 Å².